The molecule has 5 aromatic rings. The van der Waals surface area contributed by atoms with E-state index < -0.39 is 0 Å². The van der Waals surface area contributed by atoms with Gasteiger partial charge in [0.25, 0.3) is 0 Å². The number of rotatable bonds is 6. The highest BCUT2D eigenvalue weighted by Gasteiger charge is 2.16. The molecule has 5 rings (SSSR count). The normalized spacial score (nSPS) is 11.1. The molecule has 0 spiro atoms. The number of aromatic nitrogens is 6. The smallest absolute Gasteiger partial charge is 0.155 e. The lowest BCUT2D eigenvalue weighted by Crippen LogP contribution is -2.12. The number of para-hydroxylation sites is 2. The average molecular weight is 425 g/mol. The summed E-state index contributed by atoms with van der Waals surface area (Å²) in [6.45, 7) is 2.54. The van der Waals surface area contributed by atoms with Gasteiger partial charge in [0, 0.05) is 31.5 Å². The number of imidazole rings is 1. The Kier molecular flexibility index (Phi) is 5.03. The van der Waals surface area contributed by atoms with Gasteiger partial charge in [0.05, 0.1) is 35.0 Å². The fourth-order valence-electron chi connectivity index (χ4n) is 3.73. The summed E-state index contributed by atoms with van der Waals surface area (Å²) in [5.74, 6) is 0.825. The summed E-state index contributed by atoms with van der Waals surface area (Å²) in [5.41, 5.74) is 7.43. The molecule has 0 saturated carbocycles. The van der Waals surface area contributed by atoms with Crippen molar-refractivity contribution in [1.29, 1.82) is 0 Å². The maximum absolute atomic E-state index is 4.93. The minimum absolute atomic E-state index is 0.551. The van der Waals surface area contributed by atoms with Crippen LogP contribution < -0.4 is 10.2 Å². The van der Waals surface area contributed by atoms with Gasteiger partial charge in [-0.3, -0.25) is 4.98 Å². The van der Waals surface area contributed by atoms with Crippen molar-refractivity contribution in [3.63, 3.8) is 0 Å². The van der Waals surface area contributed by atoms with E-state index in [1.54, 1.807) is 10.8 Å². The van der Waals surface area contributed by atoms with Gasteiger partial charge in [-0.1, -0.05) is 18.2 Å². The Balaban J connectivity index is 1.54. The van der Waals surface area contributed by atoms with Gasteiger partial charge >= 0.3 is 0 Å². The van der Waals surface area contributed by atoms with Crippen LogP contribution in [0.15, 0.2) is 67.1 Å². The summed E-state index contributed by atoms with van der Waals surface area (Å²) in [6.07, 6.45) is 3.49. The van der Waals surface area contributed by atoms with Crippen LogP contribution >= 0.6 is 0 Å². The van der Waals surface area contributed by atoms with Gasteiger partial charge in [0.15, 0.2) is 5.65 Å². The number of hydrogen-bond acceptors (Lipinski definition) is 6. The molecule has 0 bridgehead atoms. The van der Waals surface area contributed by atoms with Crippen LogP contribution in [0.25, 0.3) is 28.3 Å². The predicted octanol–water partition coefficient (Wildman–Crippen LogP) is 4.17. The largest absolute Gasteiger partial charge is 0.376 e. The van der Waals surface area contributed by atoms with E-state index in [1.807, 2.05) is 69.7 Å². The van der Waals surface area contributed by atoms with Crippen molar-refractivity contribution in [3.05, 3.63) is 78.6 Å². The molecule has 0 fully saturated rings. The Morgan fingerprint density at radius 1 is 1.00 bits per heavy atom. The summed E-state index contributed by atoms with van der Waals surface area (Å²) in [4.78, 5) is 19.5. The number of pyridine rings is 2. The van der Waals surface area contributed by atoms with Gasteiger partial charge < -0.3 is 15.2 Å². The number of benzene rings is 1. The first-order valence-corrected chi connectivity index (χ1v) is 10.4. The molecular formula is C24H24N8. The number of aromatic amines is 1. The van der Waals surface area contributed by atoms with Crippen molar-refractivity contribution in [2.45, 2.75) is 13.5 Å². The second-order valence-corrected chi connectivity index (χ2v) is 7.82. The summed E-state index contributed by atoms with van der Waals surface area (Å²) >= 11 is 0. The maximum Gasteiger partial charge on any atom is 0.155 e. The third-order valence-electron chi connectivity index (χ3n) is 5.28. The Morgan fingerprint density at radius 3 is 2.72 bits per heavy atom. The maximum atomic E-state index is 4.93. The average Bonchev–Trinajstić information content (AvgIpc) is 3.44. The number of fused-ring (bicyclic) bond motifs is 1. The van der Waals surface area contributed by atoms with Gasteiger partial charge in [-0.05, 0) is 43.3 Å². The zero-order valence-electron chi connectivity index (χ0n) is 18.2. The third-order valence-corrected chi connectivity index (χ3v) is 5.28. The molecule has 0 saturated heterocycles. The summed E-state index contributed by atoms with van der Waals surface area (Å²) < 4.78 is 1.75. The van der Waals surface area contributed by atoms with Crippen molar-refractivity contribution in [2.24, 2.45) is 0 Å². The third kappa shape index (κ3) is 3.78. The van der Waals surface area contributed by atoms with Crippen molar-refractivity contribution in [2.75, 3.05) is 24.3 Å². The van der Waals surface area contributed by atoms with Gasteiger partial charge in [0.1, 0.15) is 12.2 Å². The molecule has 0 unspecified atom stereocenters. The van der Waals surface area contributed by atoms with E-state index in [-0.39, 0.29) is 0 Å². The SMILES string of the molecule is Cc1cccc(-c2[nH]c(CNc3ccccc3N(C)C)nc2-c2ccc3ncnn3c2)n1. The molecular weight excluding hydrogens is 400 g/mol. The molecule has 8 nitrogen and oxygen atoms in total. The molecule has 0 amide bonds. The Morgan fingerprint density at radius 2 is 1.88 bits per heavy atom. The number of H-pyrrole nitrogens is 1. The second kappa shape index (κ2) is 8.14. The van der Waals surface area contributed by atoms with Crippen LogP contribution in [-0.4, -0.2) is 43.6 Å². The Bertz CT molecular complexity index is 1380. The van der Waals surface area contributed by atoms with E-state index in [1.165, 1.54) is 0 Å². The molecule has 160 valence electrons. The first-order valence-electron chi connectivity index (χ1n) is 10.4. The lowest BCUT2D eigenvalue weighted by atomic mass is 10.1. The minimum Gasteiger partial charge on any atom is -0.376 e. The summed E-state index contributed by atoms with van der Waals surface area (Å²) in [7, 11) is 4.07. The molecule has 1 aromatic carbocycles. The zero-order chi connectivity index (χ0) is 22.1. The molecule has 4 heterocycles. The van der Waals surface area contributed by atoms with Crippen LogP contribution in [0.2, 0.25) is 0 Å². The topological polar surface area (TPSA) is 87.0 Å². The van der Waals surface area contributed by atoms with Gasteiger partial charge in [-0.15, -0.1) is 0 Å². The van der Waals surface area contributed by atoms with Crippen molar-refractivity contribution in [1.82, 2.24) is 29.5 Å². The monoisotopic (exact) mass is 424 g/mol. The molecule has 0 aliphatic rings. The molecule has 2 N–H and O–H groups in total. The molecule has 0 radical (unpaired) electrons. The first kappa shape index (κ1) is 19.7. The van der Waals surface area contributed by atoms with E-state index in [4.69, 9.17) is 9.97 Å². The lowest BCUT2D eigenvalue weighted by molar-refractivity contribution is 0.960. The molecule has 0 aliphatic heterocycles. The van der Waals surface area contributed by atoms with Crippen molar-refractivity contribution in [3.8, 4) is 22.6 Å². The van der Waals surface area contributed by atoms with E-state index >= 15 is 0 Å². The molecule has 8 heteroatoms. The fourth-order valence-corrected chi connectivity index (χ4v) is 3.73. The highest BCUT2D eigenvalue weighted by molar-refractivity contribution is 5.77. The summed E-state index contributed by atoms with van der Waals surface area (Å²) in [6, 6.07) is 18.2. The van der Waals surface area contributed by atoms with Crippen LogP contribution in [0.1, 0.15) is 11.5 Å². The number of nitrogens with one attached hydrogen (secondary N) is 2. The van der Waals surface area contributed by atoms with Crippen LogP contribution in [0.5, 0.6) is 0 Å². The van der Waals surface area contributed by atoms with E-state index in [2.05, 4.69) is 37.4 Å². The standard InChI is InChI=1S/C24H24N8/c1-16-7-6-9-19(28-16)24-23(17-11-12-22-26-15-27-32(22)14-17)29-21(30-24)13-25-18-8-4-5-10-20(18)31(2)3/h4-12,14-15,25H,13H2,1-3H3,(H,29,30). The van der Waals surface area contributed by atoms with E-state index in [9.17, 15) is 0 Å². The second-order valence-electron chi connectivity index (χ2n) is 7.82. The number of hydrogen-bond donors (Lipinski definition) is 2. The van der Waals surface area contributed by atoms with Gasteiger partial charge in [0.2, 0.25) is 0 Å². The summed E-state index contributed by atoms with van der Waals surface area (Å²) in [5, 5.41) is 7.77. The minimum atomic E-state index is 0.551. The molecule has 4 aromatic heterocycles. The lowest BCUT2D eigenvalue weighted by Gasteiger charge is -2.17. The highest BCUT2D eigenvalue weighted by Crippen LogP contribution is 2.30. The fraction of sp³-hybridized carbons (Fsp3) is 0.167. The number of anilines is 2. The van der Waals surface area contributed by atoms with E-state index in [0.29, 0.717) is 6.54 Å². The van der Waals surface area contributed by atoms with Crippen LogP contribution in [0, 0.1) is 6.92 Å². The van der Waals surface area contributed by atoms with Crippen LogP contribution in [0.3, 0.4) is 0 Å². The van der Waals surface area contributed by atoms with Crippen molar-refractivity contribution >= 4 is 17.0 Å². The predicted molar refractivity (Wildman–Crippen MR) is 127 cm³/mol. The molecule has 0 atom stereocenters. The molecule has 32 heavy (non-hydrogen) atoms. The Hall–Kier alpha value is -4.20. The van der Waals surface area contributed by atoms with Gasteiger partial charge in [-0.2, -0.15) is 5.10 Å². The van der Waals surface area contributed by atoms with Gasteiger partial charge in [-0.25, -0.2) is 14.5 Å². The van der Waals surface area contributed by atoms with Crippen LogP contribution in [-0.2, 0) is 6.54 Å². The van der Waals surface area contributed by atoms with Crippen LogP contribution in [0.4, 0.5) is 11.4 Å². The quantitative estimate of drug-likeness (QED) is 0.425. The zero-order valence-corrected chi connectivity index (χ0v) is 18.2. The first-order chi connectivity index (χ1) is 15.6. The Labute approximate surface area is 186 Å². The van der Waals surface area contributed by atoms with Crippen molar-refractivity contribution < 1.29 is 0 Å². The molecule has 0 aliphatic carbocycles. The number of aryl methyl sites for hydroxylation is 1. The number of nitrogens with zero attached hydrogens (tertiary/aromatic N) is 6. The van der Waals surface area contributed by atoms with E-state index in [0.717, 1.165) is 51.2 Å². The highest BCUT2D eigenvalue weighted by atomic mass is 15.3.